The monoisotopic (exact) mass is 339 g/mol. The molecule has 3 nitrogen and oxygen atoms in total. The minimum absolute atomic E-state index is 0.571. The van der Waals surface area contributed by atoms with Crippen molar-refractivity contribution in [2.24, 2.45) is 5.92 Å². The number of ether oxygens (including phenoxy) is 1. The molecule has 1 aromatic carbocycles. The molecule has 0 spiro atoms. The van der Waals surface area contributed by atoms with Crippen LogP contribution in [-0.2, 0) is 17.9 Å². The van der Waals surface area contributed by atoms with E-state index in [1.54, 1.807) is 7.11 Å². The van der Waals surface area contributed by atoms with Crippen LogP contribution < -0.4 is 5.32 Å². The zero-order valence-corrected chi connectivity index (χ0v) is 14.1. The summed E-state index contributed by atoms with van der Waals surface area (Å²) in [6.07, 6.45) is 0. The topological polar surface area (TPSA) is 34.4 Å². The summed E-state index contributed by atoms with van der Waals surface area (Å²) in [6, 6.07) is 4.18. The van der Waals surface area contributed by atoms with Gasteiger partial charge in [-0.25, -0.2) is 0 Å². The molecule has 0 saturated carbocycles. The number of aryl methyl sites for hydroxylation is 1. The van der Waals surface area contributed by atoms with E-state index in [1.807, 2.05) is 0 Å². The van der Waals surface area contributed by atoms with Crippen molar-refractivity contribution in [2.45, 2.75) is 33.9 Å². The van der Waals surface area contributed by atoms with E-state index in [-0.39, 0.29) is 0 Å². The van der Waals surface area contributed by atoms with Crippen LogP contribution in [0.1, 0.15) is 30.7 Å². The molecule has 0 radical (unpaired) electrons. The Labute approximate surface area is 128 Å². The van der Waals surface area contributed by atoms with Gasteiger partial charge in [0.1, 0.15) is 11.3 Å². The van der Waals surface area contributed by atoms with Gasteiger partial charge >= 0.3 is 0 Å². The molecular weight excluding hydrogens is 318 g/mol. The van der Waals surface area contributed by atoms with Crippen molar-refractivity contribution in [2.75, 3.05) is 13.7 Å². The molecule has 2 aromatic rings. The highest BCUT2D eigenvalue weighted by Gasteiger charge is 2.16. The van der Waals surface area contributed by atoms with E-state index in [0.29, 0.717) is 12.5 Å². The molecule has 0 fully saturated rings. The van der Waals surface area contributed by atoms with Crippen LogP contribution in [-0.4, -0.2) is 13.7 Å². The highest BCUT2D eigenvalue weighted by atomic mass is 79.9. The molecule has 0 aliphatic carbocycles. The minimum Gasteiger partial charge on any atom is -0.459 e. The maximum atomic E-state index is 6.06. The van der Waals surface area contributed by atoms with Gasteiger partial charge in [-0.15, -0.1) is 0 Å². The molecule has 0 bridgehead atoms. The Balaban J connectivity index is 2.37. The lowest BCUT2D eigenvalue weighted by atomic mass is 10.1. The van der Waals surface area contributed by atoms with Crippen molar-refractivity contribution in [1.29, 1.82) is 0 Å². The van der Waals surface area contributed by atoms with Gasteiger partial charge in [-0.05, 0) is 37.1 Å². The Hall–Kier alpha value is -0.840. The molecule has 2 rings (SSSR count). The van der Waals surface area contributed by atoms with Crippen LogP contribution in [0.3, 0.4) is 0 Å². The maximum Gasteiger partial charge on any atom is 0.137 e. The Morgan fingerprint density at radius 1 is 1.35 bits per heavy atom. The Kier molecular flexibility index (Phi) is 5.24. The molecule has 4 heteroatoms. The van der Waals surface area contributed by atoms with E-state index in [1.165, 1.54) is 0 Å². The van der Waals surface area contributed by atoms with E-state index in [0.717, 1.165) is 45.4 Å². The first-order chi connectivity index (χ1) is 9.52. The molecule has 1 N–H and O–H groups in total. The van der Waals surface area contributed by atoms with Crippen LogP contribution in [0.4, 0.5) is 0 Å². The number of fused-ring (bicyclic) bond motifs is 1. The van der Waals surface area contributed by atoms with E-state index in [2.05, 4.69) is 54.2 Å². The number of hydrogen-bond acceptors (Lipinski definition) is 3. The van der Waals surface area contributed by atoms with Crippen molar-refractivity contribution in [3.63, 3.8) is 0 Å². The smallest absolute Gasteiger partial charge is 0.137 e. The number of rotatable bonds is 6. The molecule has 0 saturated heterocycles. The van der Waals surface area contributed by atoms with Crippen molar-refractivity contribution in [3.8, 4) is 0 Å². The maximum absolute atomic E-state index is 6.06. The summed E-state index contributed by atoms with van der Waals surface area (Å²) in [5.74, 6) is 1.60. The summed E-state index contributed by atoms with van der Waals surface area (Å²) >= 11 is 3.55. The van der Waals surface area contributed by atoms with Crippen molar-refractivity contribution >= 4 is 26.9 Å². The van der Waals surface area contributed by atoms with Crippen LogP contribution in [0.25, 0.3) is 11.0 Å². The summed E-state index contributed by atoms with van der Waals surface area (Å²) in [7, 11) is 1.72. The second-order valence-corrected chi connectivity index (χ2v) is 6.48. The van der Waals surface area contributed by atoms with Gasteiger partial charge in [-0.2, -0.15) is 0 Å². The lowest BCUT2D eigenvalue weighted by molar-refractivity contribution is 0.183. The summed E-state index contributed by atoms with van der Waals surface area (Å²) in [4.78, 5) is 0. The van der Waals surface area contributed by atoms with Crippen LogP contribution in [0.5, 0.6) is 0 Å². The number of furan rings is 1. The summed E-state index contributed by atoms with van der Waals surface area (Å²) in [6.45, 7) is 8.75. The molecular formula is C16H22BrNO2. The molecule has 0 amide bonds. The van der Waals surface area contributed by atoms with Crippen molar-refractivity contribution in [1.82, 2.24) is 5.32 Å². The molecule has 0 aliphatic heterocycles. The molecule has 0 atom stereocenters. The highest BCUT2D eigenvalue weighted by Crippen LogP contribution is 2.32. The standard InChI is InChI=1S/C16H22BrNO2/c1-10(2)7-18-8-15-14(9-19-4)13-6-12(17)5-11(3)16(13)20-15/h5-6,10,18H,7-9H2,1-4H3. The average Bonchev–Trinajstić information content (AvgIpc) is 2.69. The van der Waals surface area contributed by atoms with Crippen LogP contribution >= 0.6 is 15.9 Å². The highest BCUT2D eigenvalue weighted by molar-refractivity contribution is 9.10. The van der Waals surface area contributed by atoms with Crippen LogP contribution in [0.15, 0.2) is 21.0 Å². The normalized spacial score (nSPS) is 11.7. The largest absolute Gasteiger partial charge is 0.459 e. The van der Waals surface area contributed by atoms with Gasteiger partial charge in [0, 0.05) is 22.5 Å². The van der Waals surface area contributed by atoms with Crippen LogP contribution in [0.2, 0.25) is 0 Å². The lowest BCUT2D eigenvalue weighted by Gasteiger charge is -2.07. The van der Waals surface area contributed by atoms with Gasteiger partial charge in [0.15, 0.2) is 0 Å². The Morgan fingerprint density at radius 3 is 2.75 bits per heavy atom. The fourth-order valence-electron chi connectivity index (χ4n) is 2.34. The van der Waals surface area contributed by atoms with E-state index >= 15 is 0 Å². The van der Waals surface area contributed by atoms with Gasteiger partial charge in [0.2, 0.25) is 0 Å². The third-order valence-corrected chi connectivity index (χ3v) is 3.71. The zero-order chi connectivity index (χ0) is 14.7. The minimum atomic E-state index is 0.571. The Morgan fingerprint density at radius 2 is 2.10 bits per heavy atom. The fraction of sp³-hybridized carbons (Fsp3) is 0.500. The second kappa shape index (κ2) is 6.74. The number of halogens is 1. The summed E-state index contributed by atoms with van der Waals surface area (Å²) < 4.78 is 12.5. The van der Waals surface area contributed by atoms with Gasteiger partial charge in [0.25, 0.3) is 0 Å². The molecule has 0 unspecified atom stereocenters. The number of methoxy groups -OCH3 is 1. The number of hydrogen-bond donors (Lipinski definition) is 1. The third kappa shape index (κ3) is 3.43. The SMILES string of the molecule is COCc1c(CNCC(C)C)oc2c(C)cc(Br)cc12. The van der Waals surface area contributed by atoms with Crippen LogP contribution in [0, 0.1) is 12.8 Å². The van der Waals surface area contributed by atoms with Gasteiger partial charge in [-0.1, -0.05) is 29.8 Å². The Bertz CT molecular complexity index is 590. The van der Waals surface area contributed by atoms with E-state index in [9.17, 15) is 0 Å². The molecule has 20 heavy (non-hydrogen) atoms. The molecule has 0 aliphatic rings. The number of benzene rings is 1. The quantitative estimate of drug-likeness (QED) is 0.847. The van der Waals surface area contributed by atoms with E-state index < -0.39 is 0 Å². The molecule has 110 valence electrons. The van der Waals surface area contributed by atoms with E-state index in [4.69, 9.17) is 9.15 Å². The third-order valence-electron chi connectivity index (χ3n) is 3.25. The van der Waals surface area contributed by atoms with Gasteiger partial charge < -0.3 is 14.5 Å². The number of nitrogens with one attached hydrogen (secondary N) is 1. The first-order valence-corrected chi connectivity index (χ1v) is 7.72. The molecule has 1 heterocycles. The van der Waals surface area contributed by atoms with Crippen molar-refractivity contribution in [3.05, 3.63) is 33.5 Å². The lowest BCUT2D eigenvalue weighted by Crippen LogP contribution is -2.19. The summed E-state index contributed by atoms with van der Waals surface area (Å²) in [5, 5.41) is 4.57. The average molecular weight is 340 g/mol. The molecule has 1 aromatic heterocycles. The van der Waals surface area contributed by atoms with Gasteiger partial charge in [0.05, 0.1) is 13.2 Å². The van der Waals surface area contributed by atoms with Crippen molar-refractivity contribution < 1.29 is 9.15 Å². The summed E-state index contributed by atoms with van der Waals surface area (Å²) in [5.41, 5.74) is 3.24. The van der Waals surface area contributed by atoms with Gasteiger partial charge in [-0.3, -0.25) is 0 Å². The first kappa shape index (κ1) is 15.5. The first-order valence-electron chi connectivity index (χ1n) is 6.93. The predicted octanol–water partition coefficient (Wildman–Crippen LogP) is 4.40. The second-order valence-electron chi connectivity index (χ2n) is 5.56. The zero-order valence-electron chi connectivity index (χ0n) is 12.5. The predicted molar refractivity (Wildman–Crippen MR) is 85.9 cm³/mol. The fourth-order valence-corrected chi connectivity index (χ4v) is 2.92.